The zero-order valence-electron chi connectivity index (χ0n) is 33.6. The molecule has 2 heterocycles. The lowest BCUT2D eigenvalue weighted by molar-refractivity contribution is 0.794. The minimum atomic E-state index is -0.437. The highest BCUT2D eigenvalue weighted by Gasteiger charge is 2.52. The molecule has 288 valence electrons. The average molecular weight is 789 g/mol. The average Bonchev–Trinajstić information content (AvgIpc) is 3.96. The van der Waals surface area contributed by atoms with E-state index < -0.39 is 5.41 Å². The molecule has 4 heteroatoms. The van der Waals surface area contributed by atoms with Crippen molar-refractivity contribution in [3.8, 4) is 73.2 Å². The molecule has 0 unspecified atom stereocenters. The zero-order valence-corrected chi connectivity index (χ0v) is 33.6. The van der Waals surface area contributed by atoms with Crippen LogP contribution in [-0.4, -0.2) is 19.5 Å². The van der Waals surface area contributed by atoms with Crippen LogP contribution in [-0.2, 0) is 5.41 Å². The second-order valence-corrected chi connectivity index (χ2v) is 16.3. The fourth-order valence-corrected chi connectivity index (χ4v) is 10.6. The summed E-state index contributed by atoms with van der Waals surface area (Å²) in [7, 11) is 0. The molecule has 0 N–H and O–H groups in total. The lowest BCUT2D eigenvalue weighted by Crippen LogP contribution is -2.25. The molecule has 2 aromatic heterocycles. The molecule has 0 atom stereocenters. The molecular weight excluding hydrogens is 753 g/mol. The van der Waals surface area contributed by atoms with E-state index in [1.165, 1.54) is 49.9 Å². The Balaban J connectivity index is 1.03. The lowest BCUT2D eigenvalue weighted by Gasteiger charge is -2.30. The van der Waals surface area contributed by atoms with Gasteiger partial charge in [-0.25, -0.2) is 15.0 Å². The van der Waals surface area contributed by atoms with E-state index in [4.69, 9.17) is 15.0 Å². The quantitative estimate of drug-likeness (QED) is 0.174. The largest absolute Gasteiger partial charge is 0.309 e. The van der Waals surface area contributed by atoms with Crippen molar-refractivity contribution in [3.63, 3.8) is 0 Å². The highest BCUT2D eigenvalue weighted by molar-refractivity contribution is 6.10. The van der Waals surface area contributed by atoms with Gasteiger partial charge in [0.2, 0.25) is 0 Å². The Morgan fingerprint density at radius 1 is 0.306 bits per heavy atom. The van der Waals surface area contributed by atoms with Crippen LogP contribution in [0.5, 0.6) is 0 Å². The molecule has 0 saturated heterocycles. The van der Waals surface area contributed by atoms with Crippen LogP contribution >= 0.6 is 0 Å². The third-order valence-corrected chi connectivity index (χ3v) is 13.1. The lowest BCUT2D eigenvalue weighted by atomic mass is 9.70. The molecule has 0 fully saturated rings. The van der Waals surface area contributed by atoms with Crippen molar-refractivity contribution < 1.29 is 0 Å². The maximum Gasteiger partial charge on any atom is 0.164 e. The van der Waals surface area contributed by atoms with Gasteiger partial charge in [0.25, 0.3) is 0 Å². The monoisotopic (exact) mass is 788 g/mol. The highest BCUT2D eigenvalue weighted by atomic mass is 15.0. The van der Waals surface area contributed by atoms with Crippen LogP contribution in [0.15, 0.2) is 218 Å². The minimum Gasteiger partial charge on any atom is -0.309 e. The van der Waals surface area contributed by atoms with E-state index in [-0.39, 0.29) is 0 Å². The Morgan fingerprint density at radius 3 is 1.53 bits per heavy atom. The fraction of sp³-hybridized carbons (Fsp3) is 0.0172. The maximum absolute atomic E-state index is 5.38. The molecule has 2 aliphatic rings. The first-order chi connectivity index (χ1) is 30.8. The Hall–Kier alpha value is -8.21. The molecule has 0 radical (unpaired) electrons. The van der Waals surface area contributed by atoms with Crippen LogP contribution in [0.2, 0.25) is 0 Å². The number of nitrogens with zero attached hydrogens (tertiary/aromatic N) is 4. The first kappa shape index (κ1) is 34.6. The summed E-state index contributed by atoms with van der Waals surface area (Å²) in [6, 6.07) is 78.4. The standard InChI is InChI=1S/C58H36N4/c1-3-18-37(19-4-1)55-59-56(38-34-35-53-47(36-38)43-25-12-16-33-52(43)62(53)39-20-5-2-6-21-39)61-57(60-55)45-26-8-7-22-40(45)44-28-17-32-51-54(44)46-27-11-15-31-50(46)58(51)48-29-13-9-23-41(48)42-24-10-14-30-49(42)58/h1-36H. The van der Waals surface area contributed by atoms with E-state index in [0.717, 1.165) is 49.9 Å². The molecular formula is C58H36N4. The van der Waals surface area contributed by atoms with Crippen molar-refractivity contribution in [1.29, 1.82) is 0 Å². The smallest absolute Gasteiger partial charge is 0.164 e. The number of aromatic nitrogens is 4. The van der Waals surface area contributed by atoms with Crippen molar-refractivity contribution in [3.05, 3.63) is 241 Å². The van der Waals surface area contributed by atoms with E-state index in [9.17, 15) is 0 Å². The van der Waals surface area contributed by atoms with Crippen molar-refractivity contribution in [2.75, 3.05) is 0 Å². The first-order valence-electron chi connectivity index (χ1n) is 21.2. The first-order valence-corrected chi connectivity index (χ1v) is 21.2. The molecule has 1 spiro atoms. The van der Waals surface area contributed by atoms with Crippen molar-refractivity contribution >= 4 is 21.8 Å². The van der Waals surface area contributed by atoms with E-state index in [2.05, 4.69) is 205 Å². The number of hydrogen-bond acceptors (Lipinski definition) is 3. The van der Waals surface area contributed by atoms with Crippen LogP contribution in [0, 0.1) is 0 Å². The third kappa shape index (κ3) is 4.86. The van der Waals surface area contributed by atoms with Gasteiger partial charge in [-0.1, -0.05) is 182 Å². The van der Waals surface area contributed by atoms with Gasteiger partial charge < -0.3 is 4.57 Å². The Kier molecular flexibility index (Phi) is 7.49. The molecule has 62 heavy (non-hydrogen) atoms. The third-order valence-electron chi connectivity index (χ3n) is 13.1. The normalized spacial score (nSPS) is 13.0. The number of benzene rings is 9. The van der Waals surface area contributed by atoms with Gasteiger partial charge >= 0.3 is 0 Å². The summed E-state index contributed by atoms with van der Waals surface area (Å²) in [5.74, 6) is 1.89. The number of fused-ring (bicyclic) bond motifs is 13. The number of hydrogen-bond donors (Lipinski definition) is 0. The maximum atomic E-state index is 5.38. The van der Waals surface area contributed by atoms with Crippen molar-refractivity contribution in [1.82, 2.24) is 19.5 Å². The van der Waals surface area contributed by atoms with Crippen LogP contribution in [0.25, 0.3) is 95.0 Å². The molecule has 0 bridgehead atoms. The molecule has 0 aliphatic heterocycles. The number of rotatable bonds is 5. The van der Waals surface area contributed by atoms with Crippen LogP contribution < -0.4 is 0 Å². The Morgan fingerprint density at radius 2 is 0.806 bits per heavy atom. The topological polar surface area (TPSA) is 43.6 Å². The van der Waals surface area contributed by atoms with Crippen LogP contribution in [0.3, 0.4) is 0 Å². The molecule has 0 amide bonds. The van der Waals surface area contributed by atoms with Gasteiger partial charge in [-0.2, -0.15) is 0 Å². The predicted molar refractivity (Wildman–Crippen MR) is 252 cm³/mol. The summed E-state index contributed by atoms with van der Waals surface area (Å²) < 4.78 is 2.34. The van der Waals surface area contributed by atoms with Gasteiger partial charge in [0.15, 0.2) is 17.5 Å². The molecule has 11 aromatic rings. The van der Waals surface area contributed by atoms with Gasteiger partial charge in [-0.05, 0) is 92.0 Å². The summed E-state index contributed by atoms with van der Waals surface area (Å²) in [5, 5.41) is 2.33. The van der Waals surface area contributed by atoms with E-state index in [0.29, 0.717) is 17.5 Å². The van der Waals surface area contributed by atoms with Gasteiger partial charge in [-0.15, -0.1) is 0 Å². The summed E-state index contributed by atoms with van der Waals surface area (Å²) in [6.07, 6.45) is 0. The van der Waals surface area contributed by atoms with Gasteiger partial charge in [-0.3, -0.25) is 0 Å². The summed E-state index contributed by atoms with van der Waals surface area (Å²) >= 11 is 0. The van der Waals surface area contributed by atoms with E-state index in [1.54, 1.807) is 0 Å². The molecule has 13 rings (SSSR count). The summed E-state index contributed by atoms with van der Waals surface area (Å²) in [6.45, 7) is 0. The molecule has 0 saturated carbocycles. The second-order valence-electron chi connectivity index (χ2n) is 16.3. The summed E-state index contributed by atoms with van der Waals surface area (Å²) in [5.41, 5.74) is 18.4. The molecule has 4 nitrogen and oxygen atoms in total. The Labute approximate surface area is 359 Å². The van der Waals surface area contributed by atoms with Gasteiger partial charge in [0.1, 0.15) is 0 Å². The van der Waals surface area contributed by atoms with Crippen molar-refractivity contribution in [2.24, 2.45) is 0 Å². The summed E-state index contributed by atoms with van der Waals surface area (Å²) in [4.78, 5) is 15.9. The van der Waals surface area contributed by atoms with Gasteiger partial charge in [0, 0.05) is 33.2 Å². The SMILES string of the molecule is c1ccc(-c2nc(-c3ccc4c(c3)c3ccccc3n4-c3ccccc3)nc(-c3ccccc3-c3cccc4c3-c3ccccc3C43c4ccccc4-c4ccccc43)n2)cc1. The van der Waals surface area contributed by atoms with Crippen LogP contribution in [0.4, 0.5) is 0 Å². The van der Waals surface area contributed by atoms with Gasteiger partial charge in [0.05, 0.1) is 16.4 Å². The predicted octanol–water partition coefficient (Wildman–Crippen LogP) is 14.0. The highest BCUT2D eigenvalue weighted by Crippen LogP contribution is 2.64. The Bertz CT molecular complexity index is 3540. The van der Waals surface area contributed by atoms with E-state index >= 15 is 0 Å². The van der Waals surface area contributed by atoms with E-state index in [1.807, 2.05) is 18.2 Å². The number of para-hydroxylation sites is 2. The molecule has 2 aliphatic carbocycles. The van der Waals surface area contributed by atoms with Crippen molar-refractivity contribution in [2.45, 2.75) is 5.41 Å². The van der Waals surface area contributed by atoms with Crippen LogP contribution in [0.1, 0.15) is 22.3 Å². The second kappa shape index (κ2) is 13.4. The molecule has 9 aromatic carbocycles. The fourth-order valence-electron chi connectivity index (χ4n) is 10.6. The zero-order chi connectivity index (χ0) is 40.8. The minimum absolute atomic E-state index is 0.437.